The predicted molar refractivity (Wildman–Crippen MR) is 80.3 cm³/mol. The third-order valence-corrected chi connectivity index (χ3v) is 4.16. The summed E-state index contributed by atoms with van der Waals surface area (Å²) in [6.07, 6.45) is 0.746. The molecule has 1 unspecified atom stereocenters. The minimum absolute atomic E-state index is 0.136. The molecule has 1 N–H and O–H groups in total. The number of amides is 2. The fourth-order valence-electron chi connectivity index (χ4n) is 2.20. The zero-order valence-corrected chi connectivity index (χ0v) is 12.9. The molecule has 0 aromatic heterocycles. The van der Waals surface area contributed by atoms with Gasteiger partial charge in [0.25, 0.3) is 5.91 Å². The molecule has 1 fully saturated rings. The first-order valence-electron chi connectivity index (χ1n) is 6.45. The molecule has 1 aliphatic rings. The molecule has 1 atom stereocenters. The number of carbonyl (C=O) groups is 2. The van der Waals surface area contributed by atoms with Gasteiger partial charge in [-0.1, -0.05) is 30.1 Å². The van der Waals surface area contributed by atoms with E-state index in [9.17, 15) is 9.59 Å². The molecule has 1 aromatic carbocycles. The van der Waals surface area contributed by atoms with Crippen molar-refractivity contribution in [3.05, 3.63) is 28.2 Å². The van der Waals surface area contributed by atoms with E-state index in [1.807, 2.05) is 6.92 Å². The standard InChI is InChI=1S/C14H16Cl2N2O2/c1-3-14(2)13(20)18(7-6-12(19)17-14)11-8-9(15)4-5-10(11)16/h4-5,8H,3,6-7H2,1-2H3,(H,17,19). The molecule has 0 spiro atoms. The van der Waals surface area contributed by atoms with E-state index in [4.69, 9.17) is 23.2 Å². The van der Waals surface area contributed by atoms with Crippen molar-refractivity contribution in [3.63, 3.8) is 0 Å². The minimum Gasteiger partial charge on any atom is -0.342 e. The Kier molecular flexibility index (Phi) is 4.25. The van der Waals surface area contributed by atoms with Crippen LogP contribution in [0.2, 0.25) is 10.0 Å². The van der Waals surface area contributed by atoms with Gasteiger partial charge >= 0.3 is 0 Å². The van der Waals surface area contributed by atoms with Gasteiger partial charge in [0.15, 0.2) is 0 Å². The van der Waals surface area contributed by atoms with Crippen molar-refractivity contribution < 1.29 is 9.59 Å². The number of nitrogens with one attached hydrogen (secondary N) is 1. The van der Waals surface area contributed by atoms with Crippen LogP contribution in [0.25, 0.3) is 0 Å². The Morgan fingerprint density at radius 1 is 1.35 bits per heavy atom. The number of anilines is 1. The lowest BCUT2D eigenvalue weighted by Crippen LogP contribution is -2.54. The van der Waals surface area contributed by atoms with E-state index in [1.165, 1.54) is 4.90 Å². The largest absolute Gasteiger partial charge is 0.342 e. The second-order valence-electron chi connectivity index (χ2n) is 5.04. The van der Waals surface area contributed by atoms with Gasteiger partial charge in [-0.3, -0.25) is 9.59 Å². The van der Waals surface area contributed by atoms with Gasteiger partial charge in [0.1, 0.15) is 5.54 Å². The molecule has 4 nitrogen and oxygen atoms in total. The number of rotatable bonds is 2. The summed E-state index contributed by atoms with van der Waals surface area (Å²) < 4.78 is 0. The van der Waals surface area contributed by atoms with Crippen LogP contribution in [0, 0.1) is 0 Å². The zero-order chi connectivity index (χ0) is 14.9. The number of carbonyl (C=O) groups excluding carboxylic acids is 2. The van der Waals surface area contributed by atoms with E-state index >= 15 is 0 Å². The molecule has 1 aromatic rings. The van der Waals surface area contributed by atoms with E-state index in [0.717, 1.165) is 0 Å². The summed E-state index contributed by atoms with van der Waals surface area (Å²) in [7, 11) is 0. The number of hydrogen-bond donors (Lipinski definition) is 1. The normalized spacial score (nSPS) is 23.5. The molecule has 0 radical (unpaired) electrons. The summed E-state index contributed by atoms with van der Waals surface area (Å²) in [6.45, 7) is 3.88. The van der Waals surface area contributed by atoms with Gasteiger partial charge in [0.05, 0.1) is 10.7 Å². The van der Waals surface area contributed by atoms with E-state index in [0.29, 0.717) is 28.7 Å². The van der Waals surface area contributed by atoms with Crippen molar-refractivity contribution in [2.45, 2.75) is 32.2 Å². The maximum Gasteiger partial charge on any atom is 0.252 e. The van der Waals surface area contributed by atoms with Crippen molar-refractivity contribution >= 4 is 40.7 Å². The summed E-state index contributed by atoms with van der Waals surface area (Å²) in [4.78, 5) is 26.0. The van der Waals surface area contributed by atoms with Crippen LogP contribution in [0.4, 0.5) is 5.69 Å². The monoisotopic (exact) mass is 314 g/mol. The molecule has 1 aliphatic heterocycles. The average molecular weight is 315 g/mol. The number of halogens is 2. The zero-order valence-electron chi connectivity index (χ0n) is 11.4. The molecule has 2 rings (SSSR count). The molecule has 0 aliphatic carbocycles. The summed E-state index contributed by atoms with van der Waals surface area (Å²) in [5, 5.41) is 3.72. The minimum atomic E-state index is -0.917. The molecule has 0 bridgehead atoms. The molecule has 1 saturated heterocycles. The number of benzene rings is 1. The van der Waals surface area contributed by atoms with Gasteiger partial charge in [-0.05, 0) is 31.5 Å². The Bertz CT molecular complexity index is 562. The van der Waals surface area contributed by atoms with Crippen LogP contribution in [0.1, 0.15) is 26.7 Å². The van der Waals surface area contributed by atoms with Gasteiger partial charge in [0.2, 0.25) is 5.91 Å². The molecule has 6 heteroatoms. The lowest BCUT2D eigenvalue weighted by atomic mass is 9.97. The molecule has 20 heavy (non-hydrogen) atoms. The lowest BCUT2D eigenvalue weighted by Gasteiger charge is -2.31. The summed E-state index contributed by atoms with van der Waals surface area (Å²) in [5.74, 6) is -0.307. The maximum absolute atomic E-state index is 12.7. The molecule has 2 amide bonds. The first-order chi connectivity index (χ1) is 9.37. The molecular formula is C14H16Cl2N2O2. The topological polar surface area (TPSA) is 49.4 Å². The van der Waals surface area contributed by atoms with Crippen molar-refractivity contribution in [3.8, 4) is 0 Å². The SMILES string of the molecule is CCC1(C)NC(=O)CCN(c2cc(Cl)ccc2Cl)C1=O. The van der Waals surface area contributed by atoms with Gasteiger partial charge in [0, 0.05) is 18.0 Å². The van der Waals surface area contributed by atoms with Crippen molar-refractivity contribution in [2.24, 2.45) is 0 Å². The Morgan fingerprint density at radius 3 is 2.70 bits per heavy atom. The van der Waals surface area contributed by atoms with Gasteiger partial charge in [-0.2, -0.15) is 0 Å². The van der Waals surface area contributed by atoms with Crippen LogP contribution >= 0.6 is 23.2 Å². The van der Waals surface area contributed by atoms with Crippen LogP contribution in [-0.2, 0) is 9.59 Å². The molecular weight excluding hydrogens is 299 g/mol. The maximum atomic E-state index is 12.7. The van der Waals surface area contributed by atoms with Crippen molar-refractivity contribution in [1.29, 1.82) is 0 Å². The van der Waals surface area contributed by atoms with E-state index in [-0.39, 0.29) is 18.2 Å². The van der Waals surface area contributed by atoms with Gasteiger partial charge in [-0.25, -0.2) is 0 Å². The number of nitrogens with zero attached hydrogens (tertiary/aromatic N) is 1. The second-order valence-corrected chi connectivity index (χ2v) is 5.88. The Labute approximate surface area is 128 Å². The van der Waals surface area contributed by atoms with Crippen LogP contribution in [0.15, 0.2) is 18.2 Å². The summed E-state index contributed by atoms with van der Waals surface area (Å²) in [5.41, 5.74) is -0.375. The highest BCUT2D eigenvalue weighted by Crippen LogP contribution is 2.32. The van der Waals surface area contributed by atoms with Gasteiger partial charge < -0.3 is 10.2 Å². The van der Waals surface area contributed by atoms with E-state index in [1.54, 1.807) is 25.1 Å². The van der Waals surface area contributed by atoms with E-state index in [2.05, 4.69) is 5.32 Å². The third kappa shape index (κ3) is 2.76. The predicted octanol–water partition coefficient (Wildman–Crippen LogP) is 3.02. The van der Waals surface area contributed by atoms with Gasteiger partial charge in [-0.15, -0.1) is 0 Å². The first-order valence-corrected chi connectivity index (χ1v) is 7.21. The molecule has 1 heterocycles. The highest BCUT2D eigenvalue weighted by Gasteiger charge is 2.40. The Hall–Kier alpha value is -1.26. The number of hydrogen-bond acceptors (Lipinski definition) is 2. The van der Waals surface area contributed by atoms with Crippen LogP contribution in [-0.4, -0.2) is 23.9 Å². The van der Waals surface area contributed by atoms with E-state index < -0.39 is 5.54 Å². The Balaban J connectivity index is 2.46. The highest BCUT2D eigenvalue weighted by molar-refractivity contribution is 6.36. The molecule has 0 saturated carbocycles. The summed E-state index contributed by atoms with van der Waals surface area (Å²) in [6, 6.07) is 4.96. The average Bonchev–Trinajstić information content (AvgIpc) is 2.52. The second kappa shape index (κ2) is 5.62. The van der Waals surface area contributed by atoms with Crippen LogP contribution in [0.3, 0.4) is 0 Å². The smallest absolute Gasteiger partial charge is 0.252 e. The fourth-order valence-corrected chi connectivity index (χ4v) is 2.58. The fraction of sp³-hybridized carbons (Fsp3) is 0.429. The third-order valence-electron chi connectivity index (χ3n) is 3.60. The quantitative estimate of drug-likeness (QED) is 0.912. The van der Waals surface area contributed by atoms with Crippen molar-refractivity contribution in [1.82, 2.24) is 5.32 Å². The lowest BCUT2D eigenvalue weighted by molar-refractivity contribution is -0.129. The van der Waals surface area contributed by atoms with Crippen LogP contribution < -0.4 is 10.2 Å². The molecule has 108 valence electrons. The van der Waals surface area contributed by atoms with Crippen LogP contribution in [0.5, 0.6) is 0 Å². The highest BCUT2D eigenvalue weighted by atomic mass is 35.5. The summed E-state index contributed by atoms with van der Waals surface area (Å²) >= 11 is 12.1. The Morgan fingerprint density at radius 2 is 2.05 bits per heavy atom. The van der Waals surface area contributed by atoms with Crippen molar-refractivity contribution in [2.75, 3.05) is 11.4 Å². The first kappa shape index (κ1) is 15.1.